The topological polar surface area (TPSA) is 91.3 Å². The molecule has 7 nitrogen and oxygen atoms in total. The van der Waals surface area contributed by atoms with Gasteiger partial charge in [0.15, 0.2) is 0 Å². The van der Waals surface area contributed by atoms with Crippen LogP contribution in [0.15, 0.2) is 0 Å². The molecule has 1 saturated heterocycles. The maximum atomic E-state index is 10.8. The normalized spacial score (nSPS) is 22.8. The van der Waals surface area contributed by atoms with Crippen molar-refractivity contribution in [1.29, 1.82) is 0 Å². The van der Waals surface area contributed by atoms with E-state index in [1.165, 1.54) is 0 Å². The van der Waals surface area contributed by atoms with E-state index in [1.807, 2.05) is 0 Å². The molecule has 0 spiro atoms. The van der Waals surface area contributed by atoms with Crippen LogP contribution in [-0.2, 0) is 0 Å². The average Bonchev–Trinajstić information content (AvgIpc) is 2.31. The van der Waals surface area contributed by atoms with Gasteiger partial charge in [-0.1, -0.05) is 0 Å². The predicted octanol–water partition coefficient (Wildman–Crippen LogP) is -1.61. The summed E-state index contributed by atoms with van der Waals surface area (Å²) in [4.78, 5) is 10.6. The molecule has 1 rings (SSSR count). The summed E-state index contributed by atoms with van der Waals surface area (Å²) < 4.78 is 0. The van der Waals surface area contributed by atoms with Crippen molar-refractivity contribution in [2.75, 3.05) is 52.4 Å². The van der Waals surface area contributed by atoms with E-state index in [9.17, 15) is 10.1 Å². The van der Waals surface area contributed by atoms with Crippen LogP contribution in [0.2, 0.25) is 0 Å². The summed E-state index contributed by atoms with van der Waals surface area (Å²) in [5, 5.41) is 23.6. The van der Waals surface area contributed by atoms with Gasteiger partial charge in [0.1, 0.15) is 0 Å². The number of nitro groups is 1. The Balaban J connectivity index is 2.26. The van der Waals surface area contributed by atoms with Gasteiger partial charge >= 0.3 is 0 Å². The van der Waals surface area contributed by atoms with Crippen molar-refractivity contribution < 1.29 is 4.92 Å². The van der Waals surface area contributed by atoms with Crippen molar-refractivity contribution in [2.45, 2.75) is 12.5 Å². The minimum Gasteiger partial charge on any atom is -0.315 e. The van der Waals surface area contributed by atoms with E-state index in [4.69, 9.17) is 0 Å². The Labute approximate surface area is 102 Å². The average molecular weight is 245 g/mol. The molecule has 1 heterocycles. The van der Waals surface area contributed by atoms with Crippen LogP contribution in [0.4, 0.5) is 0 Å². The minimum atomic E-state index is -0.544. The second-order valence-electron chi connectivity index (χ2n) is 4.20. The molecule has 0 aromatic rings. The van der Waals surface area contributed by atoms with E-state index in [2.05, 4.69) is 21.3 Å². The molecule has 0 aliphatic carbocycles. The summed E-state index contributed by atoms with van der Waals surface area (Å²) in [7, 11) is 0. The summed E-state index contributed by atoms with van der Waals surface area (Å²) in [6.45, 7) is 6.09. The molecule has 7 heteroatoms. The van der Waals surface area contributed by atoms with Crippen LogP contribution in [0.5, 0.6) is 0 Å². The quantitative estimate of drug-likeness (QED) is 0.328. The highest BCUT2D eigenvalue weighted by atomic mass is 16.6. The molecule has 0 aromatic heterocycles. The van der Waals surface area contributed by atoms with Crippen LogP contribution < -0.4 is 21.3 Å². The first-order chi connectivity index (χ1) is 8.30. The van der Waals surface area contributed by atoms with Crippen molar-refractivity contribution in [1.82, 2.24) is 21.3 Å². The summed E-state index contributed by atoms with van der Waals surface area (Å²) in [5.74, 6) is 0. The van der Waals surface area contributed by atoms with Crippen molar-refractivity contribution in [3.63, 3.8) is 0 Å². The Bertz CT molecular complexity index is 201. The molecule has 0 radical (unpaired) electrons. The Morgan fingerprint density at radius 1 is 0.824 bits per heavy atom. The number of rotatable bonds is 1. The molecule has 1 aliphatic rings. The first kappa shape index (κ1) is 14.3. The zero-order valence-corrected chi connectivity index (χ0v) is 10.2. The van der Waals surface area contributed by atoms with Gasteiger partial charge < -0.3 is 21.3 Å². The van der Waals surface area contributed by atoms with Gasteiger partial charge in [0, 0.05) is 31.1 Å². The molecule has 0 amide bonds. The number of nitrogens with zero attached hydrogens (tertiary/aromatic N) is 1. The molecule has 17 heavy (non-hydrogen) atoms. The van der Waals surface area contributed by atoms with Gasteiger partial charge in [-0.3, -0.25) is 10.1 Å². The number of hydrogen-bond donors (Lipinski definition) is 4. The maximum absolute atomic E-state index is 10.8. The van der Waals surface area contributed by atoms with Crippen LogP contribution >= 0.6 is 0 Å². The summed E-state index contributed by atoms with van der Waals surface area (Å²) in [6.07, 6.45) is 1.11. The van der Waals surface area contributed by atoms with E-state index in [1.54, 1.807) is 0 Å². The van der Waals surface area contributed by atoms with Crippen molar-refractivity contribution in [2.24, 2.45) is 0 Å². The van der Waals surface area contributed by atoms with Gasteiger partial charge in [-0.25, -0.2) is 0 Å². The molecule has 0 saturated carbocycles. The van der Waals surface area contributed by atoms with Crippen molar-refractivity contribution >= 4 is 0 Å². The first-order valence-electron chi connectivity index (χ1n) is 6.27. The van der Waals surface area contributed by atoms with Crippen LogP contribution in [0, 0.1) is 10.1 Å². The Hall–Kier alpha value is -0.760. The lowest BCUT2D eigenvalue weighted by atomic mass is 10.3. The van der Waals surface area contributed by atoms with Gasteiger partial charge in [0.05, 0.1) is 13.1 Å². The molecular weight excluding hydrogens is 222 g/mol. The molecule has 0 unspecified atom stereocenters. The van der Waals surface area contributed by atoms with E-state index in [-0.39, 0.29) is 4.92 Å². The standard InChI is InChI=1S/C10H23N5O2/c16-15(17)10-8-13-6-4-11-2-1-3-12-5-7-14-9-10/h10-14H,1-9H2. The minimum absolute atomic E-state index is 0.216. The molecule has 0 atom stereocenters. The second-order valence-corrected chi connectivity index (χ2v) is 4.20. The third-order valence-corrected chi connectivity index (χ3v) is 2.72. The van der Waals surface area contributed by atoms with Gasteiger partial charge in [-0.15, -0.1) is 0 Å². The van der Waals surface area contributed by atoms with E-state index in [0.29, 0.717) is 13.1 Å². The highest BCUT2D eigenvalue weighted by molar-refractivity contribution is 4.66. The smallest absolute Gasteiger partial charge is 0.237 e. The third kappa shape index (κ3) is 7.22. The fraction of sp³-hybridized carbons (Fsp3) is 1.00. The largest absolute Gasteiger partial charge is 0.315 e. The van der Waals surface area contributed by atoms with E-state index in [0.717, 1.165) is 45.7 Å². The van der Waals surface area contributed by atoms with Gasteiger partial charge in [-0.2, -0.15) is 0 Å². The molecule has 4 N–H and O–H groups in total. The zero-order valence-electron chi connectivity index (χ0n) is 10.2. The lowest BCUT2D eigenvalue weighted by Crippen LogP contribution is -2.44. The first-order valence-corrected chi connectivity index (χ1v) is 6.27. The van der Waals surface area contributed by atoms with Crippen LogP contribution in [0.3, 0.4) is 0 Å². The third-order valence-electron chi connectivity index (χ3n) is 2.72. The number of hydrogen-bond acceptors (Lipinski definition) is 6. The monoisotopic (exact) mass is 245 g/mol. The molecule has 100 valence electrons. The van der Waals surface area contributed by atoms with Crippen molar-refractivity contribution in [3.8, 4) is 0 Å². The summed E-state index contributed by atoms with van der Waals surface area (Å²) >= 11 is 0. The van der Waals surface area contributed by atoms with Gasteiger partial charge in [0.25, 0.3) is 0 Å². The molecule has 1 aliphatic heterocycles. The highest BCUT2D eigenvalue weighted by Crippen LogP contribution is 1.86. The maximum Gasteiger partial charge on any atom is 0.237 e. The molecule has 0 bridgehead atoms. The van der Waals surface area contributed by atoms with E-state index >= 15 is 0 Å². The predicted molar refractivity (Wildman–Crippen MR) is 66.9 cm³/mol. The lowest BCUT2D eigenvalue weighted by molar-refractivity contribution is -0.518. The Kier molecular flexibility index (Phi) is 7.81. The van der Waals surface area contributed by atoms with Crippen LogP contribution in [-0.4, -0.2) is 63.3 Å². The Morgan fingerprint density at radius 2 is 1.29 bits per heavy atom. The van der Waals surface area contributed by atoms with Gasteiger partial charge in [-0.05, 0) is 19.5 Å². The van der Waals surface area contributed by atoms with E-state index < -0.39 is 6.04 Å². The number of nitrogens with one attached hydrogen (secondary N) is 4. The van der Waals surface area contributed by atoms with Crippen molar-refractivity contribution in [3.05, 3.63) is 10.1 Å². The summed E-state index contributed by atoms with van der Waals surface area (Å²) in [6, 6.07) is -0.544. The Morgan fingerprint density at radius 3 is 1.76 bits per heavy atom. The lowest BCUT2D eigenvalue weighted by Gasteiger charge is -2.13. The van der Waals surface area contributed by atoms with Crippen LogP contribution in [0.25, 0.3) is 0 Å². The highest BCUT2D eigenvalue weighted by Gasteiger charge is 2.18. The fourth-order valence-electron chi connectivity index (χ4n) is 1.70. The second kappa shape index (κ2) is 9.29. The fourth-order valence-corrected chi connectivity index (χ4v) is 1.70. The molecular formula is C10H23N5O2. The molecule has 0 aromatic carbocycles. The van der Waals surface area contributed by atoms with Crippen LogP contribution in [0.1, 0.15) is 6.42 Å². The SMILES string of the molecule is O=[N+]([O-])C1CNCCNCCCNCCNC1. The molecule has 1 fully saturated rings. The summed E-state index contributed by atoms with van der Waals surface area (Å²) in [5.41, 5.74) is 0. The zero-order chi connectivity index (χ0) is 12.3. The van der Waals surface area contributed by atoms with Gasteiger partial charge in [0.2, 0.25) is 6.04 Å².